The Labute approximate surface area is 91.8 Å². The molecular weight excluding hydrogens is 208 g/mol. The van der Waals surface area contributed by atoms with Crippen LogP contribution in [0.25, 0.3) is 0 Å². The standard InChI is InChI=1S/C11H18O3Si/c1-15(2,3)14-10-4-6-11(7-5-10)12-8-9-13-11/h4-6H,7-9H2,1-3H3. The summed E-state index contributed by atoms with van der Waals surface area (Å²) in [5, 5.41) is 0. The van der Waals surface area contributed by atoms with Crippen LogP contribution >= 0.6 is 0 Å². The first kappa shape index (κ1) is 10.9. The van der Waals surface area contributed by atoms with E-state index in [9.17, 15) is 0 Å². The molecule has 0 atom stereocenters. The Balaban J connectivity index is 1.98. The topological polar surface area (TPSA) is 27.7 Å². The van der Waals surface area contributed by atoms with E-state index in [-0.39, 0.29) is 0 Å². The minimum absolute atomic E-state index is 0.494. The fourth-order valence-electron chi connectivity index (χ4n) is 1.70. The van der Waals surface area contributed by atoms with Crippen LogP contribution in [-0.2, 0) is 13.9 Å². The minimum atomic E-state index is -1.50. The van der Waals surface area contributed by atoms with E-state index in [1.807, 2.05) is 12.2 Å². The predicted octanol–water partition coefficient (Wildman–Crippen LogP) is 2.42. The first-order valence-electron chi connectivity index (χ1n) is 5.36. The molecule has 0 N–H and O–H groups in total. The molecule has 4 heteroatoms. The van der Waals surface area contributed by atoms with Gasteiger partial charge in [-0.15, -0.1) is 0 Å². The normalized spacial score (nSPS) is 24.3. The molecule has 84 valence electrons. The fraction of sp³-hybridized carbons (Fsp3) is 0.636. The molecule has 0 aromatic rings. The zero-order chi connectivity index (χ0) is 10.9. The van der Waals surface area contributed by atoms with Crippen molar-refractivity contribution in [3.8, 4) is 0 Å². The Bertz CT molecular complexity index is 295. The molecule has 2 rings (SSSR count). The van der Waals surface area contributed by atoms with Gasteiger partial charge in [-0.2, -0.15) is 0 Å². The Morgan fingerprint density at radius 2 is 1.93 bits per heavy atom. The van der Waals surface area contributed by atoms with Crippen molar-refractivity contribution < 1.29 is 13.9 Å². The molecule has 0 bridgehead atoms. The van der Waals surface area contributed by atoms with Crippen molar-refractivity contribution in [1.82, 2.24) is 0 Å². The van der Waals surface area contributed by atoms with E-state index in [0.29, 0.717) is 13.2 Å². The molecule has 1 aliphatic heterocycles. The first-order chi connectivity index (χ1) is 6.99. The highest BCUT2D eigenvalue weighted by Gasteiger charge is 2.35. The molecule has 15 heavy (non-hydrogen) atoms. The average molecular weight is 226 g/mol. The smallest absolute Gasteiger partial charge is 0.242 e. The maximum absolute atomic E-state index is 5.88. The Kier molecular flexibility index (Phi) is 2.75. The molecule has 0 aromatic carbocycles. The zero-order valence-corrected chi connectivity index (χ0v) is 10.6. The van der Waals surface area contributed by atoms with Gasteiger partial charge in [-0.05, 0) is 37.9 Å². The highest BCUT2D eigenvalue weighted by molar-refractivity contribution is 6.70. The van der Waals surface area contributed by atoms with Gasteiger partial charge in [0, 0.05) is 6.42 Å². The van der Waals surface area contributed by atoms with Gasteiger partial charge in [0.05, 0.1) is 19.0 Å². The average Bonchev–Trinajstić information content (AvgIpc) is 2.56. The number of rotatable bonds is 2. The number of ether oxygens (including phenoxy) is 2. The van der Waals surface area contributed by atoms with Crippen LogP contribution < -0.4 is 0 Å². The molecule has 0 unspecified atom stereocenters. The highest BCUT2D eigenvalue weighted by atomic mass is 28.4. The second-order valence-corrected chi connectivity index (χ2v) is 9.30. The molecule has 1 fully saturated rings. The van der Waals surface area contributed by atoms with Gasteiger partial charge < -0.3 is 13.9 Å². The summed E-state index contributed by atoms with van der Waals surface area (Å²) >= 11 is 0. The molecular formula is C11H18O3Si. The summed E-state index contributed by atoms with van der Waals surface area (Å²) in [6, 6.07) is 0. The van der Waals surface area contributed by atoms with Crippen molar-refractivity contribution in [2.45, 2.75) is 31.8 Å². The lowest BCUT2D eigenvalue weighted by atomic mass is 10.1. The molecule has 0 radical (unpaired) electrons. The SMILES string of the molecule is C[Si](C)(C)OC1=CCC2(C=C1)OCCO2. The van der Waals surface area contributed by atoms with Crippen LogP contribution in [0.3, 0.4) is 0 Å². The molecule has 1 spiro atoms. The summed E-state index contributed by atoms with van der Waals surface area (Å²) in [6.45, 7) is 7.89. The lowest BCUT2D eigenvalue weighted by Gasteiger charge is -2.28. The van der Waals surface area contributed by atoms with Crippen LogP contribution in [0.15, 0.2) is 24.0 Å². The minimum Gasteiger partial charge on any atom is -0.545 e. The summed E-state index contributed by atoms with van der Waals surface area (Å²) in [5.41, 5.74) is 0. The van der Waals surface area contributed by atoms with E-state index < -0.39 is 14.1 Å². The van der Waals surface area contributed by atoms with Gasteiger partial charge in [-0.25, -0.2) is 0 Å². The van der Waals surface area contributed by atoms with Gasteiger partial charge in [0.25, 0.3) is 0 Å². The lowest BCUT2D eigenvalue weighted by Crippen LogP contribution is -2.30. The molecule has 0 amide bonds. The first-order valence-corrected chi connectivity index (χ1v) is 8.76. The third-order valence-corrected chi connectivity index (χ3v) is 3.14. The van der Waals surface area contributed by atoms with Gasteiger partial charge in [-0.3, -0.25) is 0 Å². The van der Waals surface area contributed by atoms with Gasteiger partial charge in [0.15, 0.2) is 5.79 Å². The Morgan fingerprint density at radius 3 is 2.40 bits per heavy atom. The van der Waals surface area contributed by atoms with Crippen molar-refractivity contribution in [3.63, 3.8) is 0 Å². The molecule has 0 aromatic heterocycles. The second kappa shape index (κ2) is 3.77. The molecule has 1 saturated heterocycles. The summed E-state index contributed by atoms with van der Waals surface area (Å²) in [7, 11) is -1.50. The van der Waals surface area contributed by atoms with Crippen LogP contribution in [0.2, 0.25) is 19.6 Å². The van der Waals surface area contributed by atoms with Crippen molar-refractivity contribution in [1.29, 1.82) is 0 Å². The monoisotopic (exact) mass is 226 g/mol. The Morgan fingerprint density at radius 1 is 1.27 bits per heavy atom. The van der Waals surface area contributed by atoms with Gasteiger partial charge in [-0.1, -0.05) is 0 Å². The summed E-state index contributed by atoms with van der Waals surface area (Å²) < 4.78 is 17.0. The second-order valence-electron chi connectivity index (χ2n) is 4.87. The van der Waals surface area contributed by atoms with Crippen LogP contribution in [0.4, 0.5) is 0 Å². The van der Waals surface area contributed by atoms with E-state index in [1.165, 1.54) is 0 Å². The van der Waals surface area contributed by atoms with Crippen molar-refractivity contribution in [2.24, 2.45) is 0 Å². The lowest BCUT2D eigenvalue weighted by molar-refractivity contribution is -0.114. The predicted molar refractivity (Wildman–Crippen MR) is 60.9 cm³/mol. The fourth-order valence-corrected chi connectivity index (χ4v) is 2.56. The maximum Gasteiger partial charge on any atom is 0.242 e. The molecule has 0 saturated carbocycles. The van der Waals surface area contributed by atoms with Gasteiger partial charge >= 0.3 is 0 Å². The van der Waals surface area contributed by atoms with Gasteiger partial charge in [0.1, 0.15) is 0 Å². The van der Waals surface area contributed by atoms with Crippen LogP contribution in [0.5, 0.6) is 0 Å². The van der Waals surface area contributed by atoms with Crippen LogP contribution in [0, 0.1) is 0 Å². The third-order valence-electron chi connectivity index (χ3n) is 2.29. The summed E-state index contributed by atoms with van der Waals surface area (Å²) in [4.78, 5) is 0. The van der Waals surface area contributed by atoms with Crippen LogP contribution in [0.1, 0.15) is 6.42 Å². The van der Waals surface area contributed by atoms with Crippen molar-refractivity contribution in [3.05, 3.63) is 24.0 Å². The molecule has 1 heterocycles. The van der Waals surface area contributed by atoms with Crippen molar-refractivity contribution >= 4 is 8.32 Å². The third kappa shape index (κ3) is 2.71. The van der Waals surface area contributed by atoms with Gasteiger partial charge in [0.2, 0.25) is 8.32 Å². The van der Waals surface area contributed by atoms with E-state index in [2.05, 4.69) is 25.7 Å². The van der Waals surface area contributed by atoms with Crippen LogP contribution in [-0.4, -0.2) is 27.3 Å². The molecule has 2 aliphatic rings. The highest BCUT2D eigenvalue weighted by Crippen LogP contribution is 2.30. The summed E-state index contributed by atoms with van der Waals surface area (Å²) in [5.74, 6) is 0.464. The van der Waals surface area contributed by atoms with E-state index in [4.69, 9.17) is 13.9 Å². The maximum atomic E-state index is 5.88. The van der Waals surface area contributed by atoms with E-state index in [1.54, 1.807) is 0 Å². The largest absolute Gasteiger partial charge is 0.545 e. The zero-order valence-electron chi connectivity index (χ0n) is 9.58. The number of hydrogen-bond donors (Lipinski definition) is 0. The van der Waals surface area contributed by atoms with Crippen molar-refractivity contribution in [2.75, 3.05) is 13.2 Å². The van der Waals surface area contributed by atoms with E-state index in [0.717, 1.165) is 12.2 Å². The quantitative estimate of drug-likeness (QED) is 0.677. The number of hydrogen-bond acceptors (Lipinski definition) is 3. The Hall–Kier alpha value is -0.583. The molecule has 3 nitrogen and oxygen atoms in total. The summed E-state index contributed by atoms with van der Waals surface area (Å²) in [6.07, 6.45) is 6.75. The molecule has 1 aliphatic carbocycles. The number of allylic oxidation sites excluding steroid dienone is 1. The van der Waals surface area contributed by atoms with E-state index >= 15 is 0 Å².